The van der Waals surface area contributed by atoms with E-state index in [4.69, 9.17) is 9.84 Å². The van der Waals surface area contributed by atoms with E-state index in [9.17, 15) is 0 Å². The highest BCUT2D eigenvalue weighted by Gasteiger charge is 2.35. The zero-order valence-corrected chi connectivity index (χ0v) is 8.98. The first-order valence-corrected chi connectivity index (χ1v) is 4.62. The molecule has 0 spiro atoms. The second kappa shape index (κ2) is 4.24. The molecular weight excluding hydrogens is 152 g/mol. The summed E-state index contributed by atoms with van der Waals surface area (Å²) >= 11 is 0. The Labute approximate surface area is 75.9 Å². The van der Waals surface area contributed by atoms with Crippen LogP contribution < -0.4 is 0 Å². The number of ether oxygens (including phenoxy) is 1. The zero-order valence-electron chi connectivity index (χ0n) is 8.98. The third-order valence-electron chi connectivity index (χ3n) is 3.07. The Kier molecular flexibility index (Phi) is 4.21. The molecule has 0 aromatic heterocycles. The van der Waals surface area contributed by atoms with Crippen molar-refractivity contribution in [3.05, 3.63) is 0 Å². The Morgan fingerprint density at radius 2 is 1.67 bits per heavy atom. The van der Waals surface area contributed by atoms with Crippen LogP contribution in [0.25, 0.3) is 0 Å². The average molecular weight is 174 g/mol. The molecule has 2 heteroatoms. The van der Waals surface area contributed by atoms with Gasteiger partial charge in [0.15, 0.2) is 0 Å². The van der Waals surface area contributed by atoms with Crippen LogP contribution in [0.2, 0.25) is 0 Å². The quantitative estimate of drug-likeness (QED) is 0.692. The molecular formula is C10H22O2. The fraction of sp³-hybridized carbons (Fsp3) is 1.00. The Morgan fingerprint density at radius 3 is 2.00 bits per heavy atom. The first-order chi connectivity index (χ1) is 5.37. The second-order valence-corrected chi connectivity index (χ2v) is 4.32. The lowest BCUT2D eigenvalue weighted by Gasteiger charge is -2.40. The number of rotatable bonds is 5. The van der Waals surface area contributed by atoms with Gasteiger partial charge in [-0.25, -0.2) is 0 Å². The highest BCUT2D eigenvalue weighted by molar-refractivity contribution is 4.86. The molecule has 0 saturated carbocycles. The Hall–Kier alpha value is -0.0800. The van der Waals surface area contributed by atoms with Gasteiger partial charge < -0.3 is 9.84 Å². The molecule has 0 unspecified atom stereocenters. The molecule has 0 radical (unpaired) electrons. The van der Waals surface area contributed by atoms with Crippen LogP contribution in [0.1, 0.15) is 41.0 Å². The van der Waals surface area contributed by atoms with Crippen LogP contribution in [0, 0.1) is 5.41 Å². The summed E-state index contributed by atoms with van der Waals surface area (Å²) in [5.74, 6) is 0. The van der Waals surface area contributed by atoms with Gasteiger partial charge in [-0.2, -0.15) is 0 Å². The van der Waals surface area contributed by atoms with Gasteiger partial charge in [0, 0.05) is 0 Å². The van der Waals surface area contributed by atoms with Crippen molar-refractivity contribution in [1.82, 2.24) is 0 Å². The van der Waals surface area contributed by atoms with Crippen LogP contribution in [0.15, 0.2) is 0 Å². The molecule has 0 aliphatic rings. The third kappa shape index (κ3) is 2.76. The Morgan fingerprint density at radius 1 is 1.17 bits per heavy atom. The SMILES string of the molecule is CCC(C)(C)C(C)(C)OCCO. The largest absolute Gasteiger partial charge is 0.394 e. The van der Waals surface area contributed by atoms with Crippen molar-refractivity contribution in [3.63, 3.8) is 0 Å². The molecule has 0 saturated heterocycles. The predicted molar refractivity (Wildman–Crippen MR) is 51.2 cm³/mol. The number of aliphatic hydroxyl groups is 1. The van der Waals surface area contributed by atoms with Gasteiger partial charge in [-0.15, -0.1) is 0 Å². The van der Waals surface area contributed by atoms with Gasteiger partial charge in [0.1, 0.15) is 0 Å². The van der Waals surface area contributed by atoms with E-state index in [0.717, 1.165) is 6.42 Å². The minimum atomic E-state index is -0.162. The van der Waals surface area contributed by atoms with E-state index in [1.54, 1.807) is 0 Å². The first-order valence-electron chi connectivity index (χ1n) is 4.62. The zero-order chi connectivity index (χ0) is 9.83. The van der Waals surface area contributed by atoms with Crippen molar-refractivity contribution in [3.8, 4) is 0 Å². The summed E-state index contributed by atoms with van der Waals surface area (Å²) in [7, 11) is 0. The van der Waals surface area contributed by atoms with E-state index in [1.807, 2.05) is 0 Å². The maximum Gasteiger partial charge on any atom is 0.0705 e. The molecule has 0 aliphatic heterocycles. The normalized spacial score (nSPS) is 13.5. The van der Waals surface area contributed by atoms with Gasteiger partial charge in [0.05, 0.1) is 18.8 Å². The molecule has 0 aliphatic carbocycles. The lowest BCUT2D eigenvalue weighted by molar-refractivity contribution is -0.107. The van der Waals surface area contributed by atoms with Crippen molar-refractivity contribution in [1.29, 1.82) is 0 Å². The van der Waals surface area contributed by atoms with Gasteiger partial charge in [0.2, 0.25) is 0 Å². The van der Waals surface area contributed by atoms with Crippen LogP contribution in [-0.2, 0) is 4.74 Å². The molecule has 0 bridgehead atoms. The van der Waals surface area contributed by atoms with Gasteiger partial charge in [-0.05, 0) is 25.7 Å². The van der Waals surface area contributed by atoms with E-state index in [1.165, 1.54) is 0 Å². The monoisotopic (exact) mass is 174 g/mol. The van der Waals surface area contributed by atoms with Crippen molar-refractivity contribution in [2.24, 2.45) is 5.41 Å². The minimum absolute atomic E-state index is 0.100. The van der Waals surface area contributed by atoms with Crippen LogP contribution in [-0.4, -0.2) is 23.9 Å². The summed E-state index contributed by atoms with van der Waals surface area (Å²) < 4.78 is 5.58. The highest BCUT2D eigenvalue weighted by atomic mass is 16.5. The maximum atomic E-state index is 8.64. The topological polar surface area (TPSA) is 29.5 Å². The van der Waals surface area contributed by atoms with E-state index in [2.05, 4.69) is 34.6 Å². The molecule has 0 heterocycles. The summed E-state index contributed by atoms with van der Waals surface area (Å²) in [5, 5.41) is 8.64. The van der Waals surface area contributed by atoms with Crippen molar-refractivity contribution in [2.75, 3.05) is 13.2 Å². The van der Waals surface area contributed by atoms with Crippen molar-refractivity contribution < 1.29 is 9.84 Å². The lowest BCUT2D eigenvalue weighted by Crippen LogP contribution is -2.41. The predicted octanol–water partition coefficient (Wildman–Crippen LogP) is 2.21. The van der Waals surface area contributed by atoms with Gasteiger partial charge in [-0.3, -0.25) is 0 Å². The summed E-state index contributed by atoms with van der Waals surface area (Å²) in [5.41, 5.74) is -0.00729. The third-order valence-corrected chi connectivity index (χ3v) is 3.07. The molecule has 74 valence electrons. The van der Waals surface area contributed by atoms with Crippen LogP contribution >= 0.6 is 0 Å². The fourth-order valence-corrected chi connectivity index (χ4v) is 0.922. The van der Waals surface area contributed by atoms with E-state index in [-0.39, 0.29) is 17.6 Å². The summed E-state index contributed by atoms with van der Waals surface area (Å²) in [6, 6.07) is 0. The van der Waals surface area contributed by atoms with E-state index in [0.29, 0.717) is 6.61 Å². The average Bonchev–Trinajstić information content (AvgIpc) is 2.00. The first kappa shape index (κ1) is 11.9. The van der Waals surface area contributed by atoms with Crippen LogP contribution in [0.3, 0.4) is 0 Å². The lowest BCUT2D eigenvalue weighted by atomic mass is 9.75. The van der Waals surface area contributed by atoms with Crippen LogP contribution in [0.4, 0.5) is 0 Å². The minimum Gasteiger partial charge on any atom is -0.394 e. The summed E-state index contributed by atoms with van der Waals surface area (Å²) in [6.45, 7) is 11.2. The Bertz CT molecular complexity index is 128. The number of hydrogen-bond donors (Lipinski definition) is 1. The standard InChI is InChI=1S/C10H22O2/c1-6-9(2,3)10(4,5)12-8-7-11/h11H,6-8H2,1-5H3. The van der Waals surface area contributed by atoms with Gasteiger partial charge in [-0.1, -0.05) is 20.8 Å². The molecule has 0 rings (SSSR count). The smallest absolute Gasteiger partial charge is 0.0705 e. The molecule has 2 nitrogen and oxygen atoms in total. The van der Waals surface area contributed by atoms with Gasteiger partial charge in [0.25, 0.3) is 0 Å². The van der Waals surface area contributed by atoms with E-state index < -0.39 is 0 Å². The van der Waals surface area contributed by atoms with Crippen LogP contribution in [0.5, 0.6) is 0 Å². The molecule has 0 amide bonds. The molecule has 0 atom stereocenters. The summed E-state index contributed by atoms with van der Waals surface area (Å²) in [4.78, 5) is 0. The second-order valence-electron chi connectivity index (χ2n) is 4.32. The highest BCUT2D eigenvalue weighted by Crippen LogP contribution is 2.36. The molecule has 1 N–H and O–H groups in total. The van der Waals surface area contributed by atoms with Gasteiger partial charge >= 0.3 is 0 Å². The van der Waals surface area contributed by atoms with Crippen molar-refractivity contribution >= 4 is 0 Å². The summed E-state index contributed by atoms with van der Waals surface area (Å²) in [6.07, 6.45) is 1.07. The molecule has 0 fully saturated rings. The number of aliphatic hydroxyl groups excluding tert-OH is 1. The maximum absolute atomic E-state index is 8.64. The Balaban J connectivity index is 4.17. The molecule has 0 aromatic carbocycles. The molecule has 0 aromatic rings. The molecule has 12 heavy (non-hydrogen) atoms. The number of hydrogen-bond acceptors (Lipinski definition) is 2. The van der Waals surface area contributed by atoms with Crippen molar-refractivity contribution in [2.45, 2.75) is 46.6 Å². The van der Waals surface area contributed by atoms with E-state index >= 15 is 0 Å². The fourth-order valence-electron chi connectivity index (χ4n) is 0.922.